The highest BCUT2D eigenvalue weighted by Crippen LogP contribution is 2.34. The second-order valence-corrected chi connectivity index (χ2v) is 32.4. The first kappa shape index (κ1) is 99.5. The van der Waals surface area contributed by atoms with Crippen LogP contribution in [0.1, 0.15) is 399 Å². The summed E-state index contributed by atoms with van der Waals surface area (Å²) in [6.45, 7) is 1.80. The van der Waals surface area contributed by atoms with Crippen LogP contribution in [0.5, 0.6) is 0 Å². The topological polar surface area (TPSA) is 307 Å². The third-order valence-electron chi connectivity index (χ3n) is 22.8. The number of unbranched alkanes of at least 4 members (excludes halogenated alkanes) is 56. The van der Waals surface area contributed by atoms with E-state index in [9.17, 15) is 61.0 Å². The van der Waals surface area contributed by atoms with Gasteiger partial charge in [-0.1, -0.05) is 385 Å². The van der Waals surface area contributed by atoms with E-state index < -0.39 is 124 Å². The van der Waals surface area contributed by atoms with E-state index >= 15 is 0 Å². The predicted molar refractivity (Wildman–Crippen MR) is 430 cm³/mol. The van der Waals surface area contributed by atoms with Crippen molar-refractivity contribution in [2.24, 2.45) is 0 Å². The van der Waals surface area contributed by atoms with Gasteiger partial charge < -0.3 is 89.9 Å². The third-order valence-corrected chi connectivity index (χ3v) is 22.8. The van der Waals surface area contributed by atoms with Crippen molar-refractivity contribution >= 4 is 5.91 Å². The lowest BCUT2D eigenvalue weighted by molar-refractivity contribution is -0.379. The van der Waals surface area contributed by atoms with Crippen molar-refractivity contribution in [1.29, 1.82) is 0 Å². The van der Waals surface area contributed by atoms with Gasteiger partial charge in [-0.2, -0.15) is 0 Å². The Kier molecular flexibility index (Phi) is 63.8. The second-order valence-electron chi connectivity index (χ2n) is 32.4. The van der Waals surface area contributed by atoms with Crippen LogP contribution in [-0.4, -0.2) is 193 Å². The molecule has 632 valence electrons. The summed E-state index contributed by atoms with van der Waals surface area (Å²) in [6.07, 6.45) is 59.2. The van der Waals surface area contributed by atoms with E-state index in [-0.39, 0.29) is 18.9 Å². The summed E-state index contributed by atoms with van der Waals surface area (Å²) in [4.78, 5) is 13.5. The molecule has 3 saturated heterocycles. The lowest BCUT2D eigenvalue weighted by Gasteiger charge is -2.48. The lowest BCUT2D eigenvalue weighted by Crippen LogP contribution is -2.66. The number of amides is 1. The number of aliphatic hydroxyl groups is 11. The number of aliphatic hydroxyl groups excluding tert-OH is 11. The van der Waals surface area contributed by atoms with Crippen LogP contribution >= 0.6 is 0 Å². The van der Waals surface area contributed by atoms with Gasteiger partial charge in [0.05, 0.1) is 38.6 Å². The van der Waals surface area contributed by atoms with Crippen LogP contribution in [0.2, 0.25) is 0 Å². The van der Waals surface area contributed by atoms with Crippen molar-refractivity contribution in [2.75, 3.05) is 26.4 Å². The van der Waals surface area contributed by atoms with Crippen molar-refractivity contribution in [3.05, 3.63) is 24.3 Å². The predicted octanol–water partition coefficient (Wildman–Crippen LogP) is 16.9. The van der Waals surface area contributed by atoms with Gasteiger partial charge in [0.15, 0.2) is 18.9 Å². The number of hydrogen-bond acceptors (Lipinski definition) is 18. The first-order chi connectivity index (χ1) is 52.3. The van der Waals surface area contributed by atoms with Crippen LogP contribution in [-0.2, 0) is 33.2 Å². The van der Waals surface area contributed by atoms with Gasteiger partial charge >= 0.3 is 0 Å². The van der Waals surface area contributed by atoms with E-state index in [0.29, 0.717) is 12.8 Å². The smallest absolute Gasteiger partial charge is 0.220 e. The first-order valence-corrected chi connectivity index (χ1v) is 45.1. The second kappa shape index (κ2) is 68.7. The van der Waals surface area contributed by atoms with Gasteiger partial charge in [-0.15, -0.1) is 0 Å². The molecule has 0 aromatic carbocycles. The van der Waals surface area contributed by atoms with Crippen molar-refractivity contribution in [3.63, 3.8) is 0 Å². The number of nitrogens with one attached hydrogen (secondary N) is 1. The lowest BCUT2D eigenvalue weighted by atomic mass is 9.96. The zero-order valence-corrected chi connectivity index (χ0v) is 68.2. The van der Waals surface area contributed by atoms with E-state index in [1.165, 1.54) is 327 Å². The van der Waals surface area contributed by atoms with E-state index in [2.05, 4.69) is 31.3 Å². The number of carbonyl (C=O) groups is 1. The molecule has 0 aliphatic carbocycles. The van der Waals surface area contributed by atoms with Crippen LogP contribution in [0.25, 0.3) is 0 Å². The van der Waals surface area contributed by atoms with E-state index in [0.717, 1.165) is 38.5 Å². The number of carbonyl (C=O) groups excluding carboxylic acids is 1. The molecule has 3 fully saturated rings. The SMILES string of the molecule is CCCCCCCCCCCCCCCCCCCCCCCCC/C=C/CC/C=C/C(O)C(COC1OC(CO)C(OC2OC(CO)C(OC3OC(CO)C(O)C(O)C3O)C(O)C2O)C(O)C1O)NC(=O)CCCCCCCCCCCCCCCCCCCCCCCCCCCCCCCCCCC. The standard InChI is InChI=1S/C88H167NO18/c1-3-5-7-9-11-13-15-17-19-21-23-25-27-29-31-33-34-35-36-38-40-42-44-46-48-50-52-54-56-58-60-62-64-66-76(94)89-71(72(93)65-63-61-59-57-55-53-51-49-47-45-43-41-39-37-32-30-28-26-24-22-20-18-16-14-12-10-8-6-4-2)70-102-86-82(100)79(97)84(74(68-91)104-86)107-88-83(101)80(98)85(75(69-92)105-88)106-87-81(99)78(96)77(95)73(67-90)103-87/h55,57,63,65,71-75,77-88,90-93,95-101H,3-54,56,58-62,64,66-70H2,1-2H3,(H,89,94)/b57-55+,65-63+. The van der Waals surface area contributed by atoms with Gasteiger partial charge in [0, 0.05) is 6.42 Å². The molecule has 19 nitrogen and oxygen atoms in total. The van der Waals surface area contributed by atoms with Crippen LogP contribution in [0.3, 0.4) is 0 Å². The molecular weight excluding hydrogens is 1360 g/mol. The Labute approximate surface area is 651 Å². The Balaban J connectivity index is 1.34. The van der Waals surface area contributed by atoms with Gasteiger partial charge in [0.25, 0.3) is 0 Å². The van der Waals surface area contributed by atoms with Gasteiger partial charge in [0.2, 0.25) is 5.91 Å². The molecule has 0 aromatic heterocycles. The molecule has 3 aliphatic rings. The van der Waals surface area contributed by atoms with E-state index in [4.69, 9.17) is 28.4 Å². The Morgan fingerprint density at radius 2 is 0.598 bits per heavy atom. The molecule has 12 N–H and O–H groups in total. The average Bonchev–Trinajstić information content (AvgIpc) is 0.781. The quantitative estimate of drug-likeness (QED) is 0.0199. The average molecular weight is 1530 g/mol. The summed E-state index contributed by atoms with van der Waals surface area (Å²) in [6, 6.07) is -0.989. The summed E-state index contributed by atoms with van der Waals surface area (Å²) < 4.78 is 34.5. The van der Waals surface area contributed by atoms with Crippen molar-refractivity contribution in [1.82, 2.24) is 5.32 Å². The largest absolute Gasteiger partial charge is 0.394 e. The molecular formula is C88H167NO18. The minimum absolute atomic E-state index is 0.241. The fourth-order valence-electron chi connectivity index (χ4n) is 15.6. The monoisotopic (exact) mass is 1530 g/mol. The third kappa shape index (κ3) is 47.7. The number of rotatable bonds is 74. The molecule has 17 unspecified atom stereocenters. The molecule has 3 heterocycles. The highest BCUT2D eigenvalue weighted by atomic mass is 16.8. The zero-order chi connectivity index (χ0) is 77.4. The maximum atomic E-state index is 13.5. The van der Waals surface area contributed by atoms with Crippen LogP contribution < -0.4 is 5.32 Å². The van der Waals surface area contributed by atoms with Gasteiger partial charge in [0.1, 0.15) is 73.2 Å². The molecule has 19 heteroatoms. The Bertz CT molecular complexity index is 2020. The molecule has 0 saturated carbocycles. The fraction of sp³-hybridized carbons (Fsp3) is 0.943. The first-order valence-electron chi connectivity index (χ1n) is 45.1. The fourth-order valence-corrected chi connectivity index (χ4v) is 15.6. The zero-order valence-electron chi connectivity index (χ0n) is 68.2. The van der Waals surface area contributed by atoms with Crippen LogP contribution in [0, 0.1) is 0 Å². The summed E-state index contributed by atoms with van der Waals surface area (Å²) in [5, 5.41) is 121. The summed E-state index contributed by atoms with van der Waals surface area (Å²) >= 11 is 0. The molecule has 107 heavy (non-hydrogen) atoms. The summed E-state index contributed by atoms with van der Waals surface area (Å²) in [5.41, 5.74) is 0. The van der Waals surface area contributed by atoms with Gasteiger partial charge in [-0.3, -0.25) is 4.79 Å². The Morgan fingerprint density at radius 3 is 0.935 bits per heavy atom. The maximum absolute atomic E-state index is 13.5. The molecule has 0 radical (unpaired) electrons. The van der Waals surface area contributed by atoms with Crippen molar-refractivity contribution < 1.29 is 89.4 Å². The summed E-state index contributed by atoms with van der Waals surface area (Å²) in [5.74, 6) is -0.276. The van der Waals surface area contributed by atoms with Crippen LogP contribution in [0.15, 0.2) is 24.3 Å². The van der Waals surface area contributed by atoms with Gasteiger partial charge in [-0.25, -0.2) is 0 Å². The normalized spacial score (nSPS) is 25.6. The minimum atomic E-state index is -1.98. The number of ether oxygens (including phenoxy) is 6. The van der Waals surface area contributed by atoms with Crippen LogP contribution in [0.4, 0.5) is 0 Å². The molecule has 17 atom stereocenters. The Morgan fingerprint density at radius 1 is 0.327 bits per heavy atom. The Hall–Kier alpha value is -1.73. The molecule has 0 aromatic rings. The van der Waals surface area contributed by atoms with E-state index in [1.807, 2.05) is 6.08 Å². The van der Waals surface area contributed by atoms with Crippen molar-refractivity contribution in [2.45, 2.75) is 503 Å². The van der Waals surface area contributed by atoms with Gasteiger partial charge in [-0.05, 0) is 32.1 Å². The molecule has 3 aliphatic heterocycles. The number of hydrogen-bond donors (Lipinski definition) is 12. The summed E-state index contributed by atoms with van der Waals surface area (Å²) in [7, 11) is 0. The van der Waals surface area contributed by atoms with E-state index in [1.54, 1.807) is 6.08 Å². The highest BCUT2D eigenvalue weighted by Gasteiger charge is 2.54. The molecule has 0 bridgehead atoms. The minimum Gasteiger partial charge on any atom is -0.394 e. The van der Waals surface area contributed by atoms with Crippen molar-refractivity contribution in [3.8, 4) is 0 Å². The number of allylic oxidation sites excluding steroid dienone is 3. The molecule has 0 spiro atoms. The maximum Gasteiger partial charge on any atom is 0.220 e. The highest BCUT2D eigenvalue weighted by molar-refractivity contribution is 5.76. The molecule has 3 rings (SSSR count). The molecule has 1 amide bonds.